The van der Waals surface area contributed by atoms with E-state index in [1.165, 1.54) is 33.0 Å². The minimum Gasteiger partial charge on any atom is -0.456 e. The Labute approximate surface area is 714 Å². The van der Waals surface area contributed by atoms with Gasteiger partial charge in [-0.2, -0.15) is 0 Å². The molecule has 0 unspecified atom stereocenters. The fourth-order valence-corrected chi connectivity index (χ4v) is 18.1. The van der Waals surface area contributed by atoms with Crippen LogP contribution in [-0.2, 0) is 5.41 Å². The summed E-state index contributed by atoms with van der Waals surface area (Å²) in [5.41, 5.74) is 32.8. The Morgan fingerprint density at radius 2 is 0.581 bits per heavy atom. The summed E-state index contributed by atoms with van der Waals surface area (Å²) in [6.07, 6.45) is 0. The van der Waals surface area contributed by atoms with Gasteiger partial charge in [-0.1, -0.05) is 311 Å². The lowest BCUT2D eigenvalue weighted by Gasteiger charge is -2.22. The molecule has 582 valence electrons. The largest absolute Gasteiger partial charge is 0.456 e. The average Bonchev–Trinajstić information content (AvgIpc) is 1.56. The van der Waals surface area contributed by atoms with Crippen molar-refractivity contribution in [1.82, 2.24) is 29.9 Å². The molecule has 9 nitrogen and oxygen atoms in total. The van der Waals surface area contributed by atoms with Gasteiger partial charge in [-0.05, 0) is 193 Å². The molecule has 18 aromatic carbocycles. The quantitative estimate of drug-likeness (QED) is 0.132. The normalized spacial score (nSPS) is 12.2. The molecule has 0 saturated heterocycles. The Morgan fingerprint density at radius 3 is 1.15 bits per heavy atom. The number of benzene rings is 18. The lowest BCUT2D eigenvalue weighted by atomic mass is 9.81. The molecule has 0 aliphatic heterocycles. The molecule has 0 amide bonds. The molecule has 9 heteroatoms. The van der Waals surface area contributed by atoms with Crippen molar-refractivity contribution in [2.45, 2.75) is 19.3 Å². The number of para-hydroxylation sites is 6. The van der Waals surface area contributed by atoms with Crippen LogP contribution in [0.5, 0.6) is 0 Å². The van der Waals surface area contributed by atoms with Gasteiger partial charge in [-0.25, -0.2) is 29.9 Å². The molecule has 124 heavy (non-hydrogen) atoms. The molecule has 25 rings (SSSR count). The lowest BCUT2D eigenvalue weighted by Crippen LogP contribution is -2.15. The summed E-state index contributed by atoms with van der Waals surface area (Å²) in [4.78, 5) is 30.5. The third-order valence-corrected chi connectivity index (χ3v) is 24.4. The first kappa shape index (κ1) is 72.8. The predicted molar refractivity (Wildman–Crippen MR) is 510 cm³/mol. The summed E-state index contributed by atoms with van der Waals surface area (Å²) in [5.74, 6) is 1.45. The van der Waals surface area contributed by atoms with Crippen LogP contribution in [0, 0.1) is 0 Å². The topological polar surface area (TPSA) is 117 Å². The molecule has 0 radical (unpaired) electrons. The van der Waals surface area contributed by atoms with Gasteiger partial charge in [-0.3, -0.25) is 0 Å². The van der Waals surface area contributed by atoms with E-state index in [1.807, 2.05) is 121 Å². The van der Waals surface area contributed by atoms with Crippen LogP contribution in [0.3, 0.4) is 0 Å². The van der Waals surface area contributed by atoms with E-state index in [4.69, 9.17) is 43.2 Å². The molecule has 0 saturated carbocycles. The van der Waals surface area contributed by atoms with Crippen LogP contribution in [0.15, 0.2) is 426 Å². The van der Waals surface area contributed by atoms with E-state index in [-0.39, 0.29) is 5.41 Å². The zero-order valence-corrected chi connectivity index (χ0v) is 67.7. The first-order valence-electron chi connectivity index (χ1n) is 41.9. The third-order valence-electron chi connectivity index (χ3n) is 24.4. The molecular weight excluding hydrogens is 1510 g/mol. The SMILES string of the molecule is CC1(C)c2cc(-c3nc4ccccc4nc3-c3cccc4c3oc3ccccc34)ccc2-c2cc3ccccc3cc21.c1ccc(-c2nc(-c3ccccc3)c3cc(-c4cccc(-c5ccc6c(c5)oc5ccccc56)c4)ccc3n2)cc1.c1ccc(-c2nc(-c3ccccc3)c3ccc(-c4cccc(-c5ccc6c(c5)oc5ccccc56)c4)cc3n2)cc1. The van der Waals surface area contributed by atoms with E-state index in [0.717, 1.165) is 211 Å². The van der Waals surface area contributed by atoms with Gasteiger partial charge in [0.2, 0.25) is 0 Å². The van der Waals surface area contributed by atoms with E-state index >= 15 is 0 Å². The molecule has 0 atom stereocenters. The number of rotatable bonds is 10. The molecule has 24 aromatic rings. The second kappa shape index (κ2) is 30.2. The number of nitrogens with zero attached hydrogens (tertiary/aromatic N) is 6. The van der Waals surface area contributed by atoms with Crippen molar-refractivity contribution in [3.8, 4) is 123 Å². The van der Waals surface area contributed by atoms with Crippen molar-refractivity contribution < 1.29 is 13.3 Å². The van der Waals surface area contributed by atoms with Crippen molar-refractivity contribution in [3.05, 3.63) is 424 Å². The van der Waals surface area contributed by atoms with E-state index < -0.39 is 0 Å². The summed E-state index contributed by atoms with van der Waals surface area (Å²) in [6, 6.07) is 143. The molecular formula is C115H74N6O3. The highest BCUT2D eigenvalue weighted by atomic mass is 16.3. The minimum absolute atomic E-state index is 0.145. The maximum atomic E-state index is 6.46. The zero-order chi connectivity index (χ0) is 82.4. The first-order valence-corrected chi connectivity index (χ1v) is 41.9. The van der Waals surface area contributed by atoms with Gasteiger partial charge >= 0.3 is 0 Å². The monoisotopic (exact) mass is 1590 g/mol. The van der Waals surface area contributed by atoms with Crippen molar-refractivity contribution in [2.24, 2.45) is 0 Å². The maximum Gasteiger partial charge on any atom is 0.160 e. The number of furan rings is 3. The second-order valence-electron chi connectivity index (χ2n) is 32.3. The molecule has 6 aromatic heterocycles. The summed E-state index contributed by atoms with van der Waals surface area (Å²) >= 11 is 0. The van der Waals surface area contributed by atoms with Gasteiger partial charge in [0.05, 0.1) is 39.1 Å². The van der Waals surface area contributed by atoms with Crippen LogP contribution >= 0.6 is 0 Å². The number of aromatic nitrogens is 6. The summed E-state index contributed by atoms with van der Waals surface area (Å²) < 4.78 is 18.8. The van der Waals surface area contributed by atoms with Gasteiger partial charge in [-0.15, -0.1) is 0 Å². The van der Waals surface area contributed by atoms with Gasteiger partial charge in [0.15, 0.2) is 11.6 Å². The van der Waals surface area contributed by atoms with Crippen molar-refractivity contribution in [2.75, 3.05) is 0 Å². The van der Waals surface area contributed by atoms with Crippen LogP contribution in [0.1, 0.15) is 25.0 Å². The smallest absolute Gasteiger partial charge is 0.160 e. The average molecular weight is 1590 g/mol. The fraction of sp³-hybridized carbons (Fsp3) is 0.0261. The molecule has 0 fully saturated rings. The number of hydrogen-bond donors (Lipinski definition) is 0. The van der Waals surface area contributed by atoms with Crippen LogP contribution < -0.4 is 0 Å². The predicted octanol–water partition coefficient (Wildman–Crippen LogP) is 30.7. The van der Waals surface area contributed by atoms with Crippen molar-refractivity contribution >= 4 is 109 Å². The highest BCUT2D eigenvalue weighted by Crippen LogP contribution is 2.52. The Balaban J connectivity index is 0.000000107. The standard InChI is InChI=1S/C39H26N2O.2C38H24N2O/c1-39(2)31-22-25(18-19-26(31)30-20-23-10-3-4-11-24(23)21-32(30)39)36-37(41-34-16-7-6-15-33(34)40-36)29-14-9-13-28-27-12-5-8-17-35(27)42-38(28)29;1-3-10-25(11-4-1)37-33-23-29(19-21-34(33)39-38(40-37)26-12-5-2-6-13-26)27-14-9-15-28(22-27)30-18-20-32-31-16-7-8-17-35(31)41-36(32)24-30;1-3-10-25(11-4-1)37-33-21-19-29(23-34(33)39-38(40-37)26-12-5-2-6-13-26)27-14-9-15-28(22-27)30-18-20-32-31-16-7-8-17-35(31)41-36(32)24-30/h3-22H,1-2H3;2*1-24H. The summed E-state index contributed by atoms with van der Waals surface area (Å²) in [7, 11) is 0. The number of hydrogen-bond acceptors (Lipinski definition) is 9. The third kappa shape index (κ3) is 13.1. The van der Waals surface area contributed by atoms with Crippen molar-refractivity contribution in [1.29, 1.82) is 0 Å². The van der Waals surface area contributed by atoms with Gasteiger partial charge in [0, 0.05) is 81.9 Å². The van der Waals surface area contributed by atoms with Gasteiger partial charge in [0.1, 0.15) is 39.2 Å². The zero-order valence-electron chi connectivity index (χ0n) is 67.7. The molecule has 1 aliphatic carbocycles. The molecule has 0 spiro atoms. The van der Waals surface area contributed by atoms with Crippen LogP contribution in [0.4, 0.5) is 0 Å². The maximum absolute atomic E-state index is 6.46. The van der Waals surface area contributed by atoms with Gasteiger partial charge in [0.25, 0.3) is 0 Å². The van der Waals surface area contributed by atoms with E-state index in [2.05, 4.69) is 305 Å². The Morgan fingerprint density at radius 1 is 0.185 bits per heavy atom. The summed E-state index contributed by atoms with van der Waals surface area (Å²) in [5, 5.41) is 11.4. The van der Waals surface area contributed by atoms with E-state index in [0.29, 0.717) is 0 Å². The minimum atomic E-state index is -0.145. The highest BCUT2D eigenvalue weighted by molar-refractivity contribution is 6.12. The Bertz CT molecular complexity index is 8340. The molecule has 0 bridgehead atoms. The Kier molecular flexibility index (Phi) is 17.7. The molecule has 0 N–H and O–H groups in total. The Hall–Kier alpha value is -16.4. The highest BCUT2D eigenvalue weighted by Gasteiger charge is 2.37. The fourth-order valence-electron chi connectivity index (χ4n) is 18.1. The van der Waals surface area contributed by atoms with Gasteiger partial charge < -0.3 is 13.3 Å². The molecule has 1 aliphatic rings. The molecule has 6 heterocycles. The second-order valence-corrected chi connectivity index (χ2v) is 32.3. The van der Waals surface area contributed by atoms with Crippen LogP contribution in [0.25, 0.3) is 233 Å². The van der Waals surface area contributed by atoms with Crippen LogP contribution in [0.2, 0.25) is 0 Å². The van der Waals surface area contributed by atoms with E-state index in [1.54, 1.807) is 0 Å². The summed E-state index contributed by atoms with van der Waals surface area (Å²) in [6.45, 7) is 4.66. The van der Waals surface area contributed by atoms with E-state index in [9.17, 15) is 0 Å². The van der Waals surface area contributed by atoms with Crippen LogP contribution in [-0.4, -0.2) is 29.9 Å². The lowest BCUT2D eigenvalue weighted by molar-refractivity contribution is 0.661. The van der Waals surface area contributed by atoms with Crippen molar-refractivity contribution in [3.63, 3.8) is 0 Å². The first-order chi connectivity index (χ1) is 61.2. The number of fused-ring (bicyclic) bond motifs is 16.